The maximum atomic E-state index is 5.17. The van der Waals surface area contributed by atoms with Crippen molar-refractivity contribution in [2.45, 2.75) is 37.7 Å². The first-order valence-corrected chi connectivity index (χ1v) is 6.33. The van der Waals surface area contributed by atoms with Crippen LogP contribution in [0.1, 0.15) is 27.2 Å². The molecule has 1 aromatic rings. The third-order valence-electron chi connectivity index (χ3n) is 2.04. The Balaban J connectivity index is 2.06. The van der Waals surface area contributed by atoms with Gasteiger partial charge in [-0.2, -0.15) is 0 Å². The lowest BCUT2D eigenvalue weighted by Gasteiger charge is -2.11. The van der Waals surface area contributed by atoms with Crippen LogP contribution in [0.4, 0.5) is 0 Å². The average Bonchev–Trinajstić information content (AvgIpc) is 2.64. The Morgan fingerprint density at radius 3 is 2.87 bits per heavy atom. The topological polar surface area (TPSA) is 38.1 Å². The van der Waals surface area contributed by atoms with Gasteiger partial charge in [0.15, 0.2) is 0 Å². The number of nitrogens with zero attached hydrogens (tertiary/aromatic N) is 1. The van der Waals surface area contributed by atoms with E-state index < -0.39 is 0 Å². The van der Waals surface area contributed by atoms with Crippen LogP contribution in [0.25, 0.3) is 0 Å². The van der Waals surface area contributed by atoms with Crippen molar-refractivity contribution in [3.8, 4) is 0 Å². The monoisotopic (exact) mass is 228 g/mol. The minimum absolute atomic E-state index is 0.496. The number of hydrogen-bond donors (Lipinski definition) is 1. The van der Waals surface area contributed by atoms with Crippen molar-refractivity contribution >= 4 is 11.8 Å². The molecule has 0 aliphatic carbocycles. The van der Waals surface area contributed by atoms with Crippen LogP contribution in [0, 0.1) is 5.92 Å². The highest BCUT2D eigenvalue weighted by atomic mass is 32.2. The molecule has 3 nitrogen and oxygen atoms in total. The van der Waals surface area contributed by atoms with E-state index in [1.54, 1.807) is 24.2 Å². The Kier molecular flexibility index (Phi) is 5.79. The summed E-state index contributed by atoms with van der Waals surface area (Å²) in [7, 11) is 0. The molecule has 0 spiro atoms. The van der Waals surface area contributed by atoms with Crippen LogP contribution in [0.3, 0.4) is 0 Å². The van der Waals surface area contributed by atoms with Gasteiger partial charge in [0.05, 0.1) is 6.20 Å². The summed E-state index contributed by atoms with van der Waals surface area (Å²) in [6.45, 7) is 8.75. The smallest absolute Gasteiger partial charge is 0.255 e. The molecular weight excluding hydrogens is 208 g/mol. The lowest BCUT2D eigenvalue weighted by Crippen LogP contribution is -2.24. The van der Waals surface area contributed by atoms with E-state index in [2.05, 4.69) is 31.1 Å². The summed E-state index contributed by atoms with van der Waals surface area (Å²) in [5.74, 6) is 0.771. The largest absolute Gasteiger partial charge is 0.440 e. The zero-order chi connectivity index (χ0) is 11.1. The molecule has 0 fully saturated rings. The van der Waals surface area contributed by atoms with Crippen molar-refractivity contribution in [3.05, 3.63) is 12.5 Å². The van der Waals surface area contributed by atoms with E-state index in [1.807, 2.05) is 0 Å². The average molecular weight is 228 g/mol. The van der Waals surface area contributed by atoms with Crippen LogP contribution >= 0.6 is 11.8 Å². The van der Waals surface area contributed by atoms with Crippen LogP contribution in [-0.2, 0) is 0 Å². The number of rotatable bonds is 7. The molecule has 0 saturated heterocycles. The van der Waals surface area contributed by atoms with Crippen molar-refractivity contribution in [1.29, 1.82) is 0 Å². The molecule has 1 heterocycles. The Morgan fingerprint density at radius 2 is 2.27 bits per heavy atom. The highest BCUT2D eigenvalue weighted by Gasteiger charge is 2.06. The molecule has 0 saturated carbocycles. The second-order valence-electron chi connectivity index (χ2n) is 4.11. The van der Waals surface area contributed by atoms with Crippen LogP contribution in [0.15, 0.2) is 22.1 Å². The molecule has 1 unspecified atom stereocenters. The maximum Gasteiger partial charge on any atom is 0.255 e. The zero-order valence-electron chi connectivity index (χ0n) is 9.69. The Labute approximate surface area is 96.0 Å². The number of oxazole rings is 1. The Bertz CT molecular complexity index is 249. The van der Waals surface area contributed by atoms with Crippen molar-refractivity contribution in [2.24, 2.45) is 5.92 Å². The predicted molar refractivity (Wildman–Crippen MR) is 64.1 cm³/mol. The van der Waals surface area contributed by atoms with Gasteiger partial charge in [0, 0.05) is 11.8 Å². The first kappa shape index (κ1) is 12.6. The van der Waals surface area contributed by atoms with E-state index in [1.165, 1.54) is 6.42 Å². The lowest BCUT2D eigenvalue weighted by atomic mass is 10.1. The van der Waals surface area contributed by atoms with E-state index in [9.17, 15) is 0 Å². The first-order chi connectivity index (χ1) is 7.18. The molecule has 1 aromatic heterocycles. The van der Waals surface area contributed by atoms with Gasteiger partial charge in [-0.05, 0) is 18.9 Å². The van der Waals surface area contributed by atoms with Gasteiger partial charge in [0.25, 0.3) is 5.22 Å². The quantitative estimate of drug-likeness (QED) is 0.575. The molecule has 0 aliphatic rings. The van der Waals surface area contributed by atoms with Crippen LogP contribution < -0.4 is 5.32 Å². The molecule has 86 valence electrons. The zero-order valence-corrected chi connectivity index (χ0v) is 10.5. The second kappa shape index (κ2) is 6.90. The van der Waals surface area contributed by atoms with Crippen LogP contribution in [0.2, 0.25) is 0 Å². The van der Waals surface area contributed by atoms with Gasteiger partial charge < -0.3 is 9.73 Å². The lowest BCUT2D eigenvalue weighted by molar-refractivity contribution is 0.452. The fourth-order valence-electron chi connectivity index (χ4n) is 1.18. The molecule has 1 rings (SSSR count). The number of hydrogen-bond acceptors (Lipinski definition) is 4. The van der Waals surface area contributed by atoms with Crippen molar-refractivity contribution in [2.75, 3.05) is 13.1 Å². The molecule has 0 aromatic carbocycles. The normalized spacial score (nSPS) is 13.3. The highest BCUT2D eigenvalue weighted by Crippen LogP contribution is 2.20. The van der Waals surface area contributed by atoms with Crippen LogP contribution in [-0.4, -0.2) is 23.3 Å². The maximum absolute atomic E-state index is 5.17. The number of thioether (sulfide) groups is 1. The third-order valence-corrected chi connectivity index (χ3v) is 3.01. The molecule has 0 bridgehead atoms. The third kappa shape index (κ3) is 5.85. The van der Waals surface area contributed by atoms with Gasteiger partial charge in [-0.3, -0.25) is 0 Å². The van der Waals surface area contributed by atoms with E-state index in [4.69, 9.17) is 4.42 Å². The Morgan fingerprint density at radius 1 is 1.47 bits per heavy atom. The predicted octanol–water partition coefficient (Wildman–Crippen LogP) is 2.79. The summed E-state index contributed by atoms with van der Waals surface area (Å²) in [6, 6.07) is 0. The molecule has 0 aliphatic heterocycles. The fraction of sp³-hybridized carbons (Fsp3) is 0.727. The fourth-order valence-corrected chi connectivity index (χ4v) is 1.96. The standard InChI is InChI=1S/C11H20N2OS/c1-9(2)4-5-12-8-10(3)15-11-13-6-7-14-11/h6-7,9-10,12H,4-5,8H2,1-3H3. The summed E-state index contributed by atoms with van der Waals surface area (Å²) in [4.78, 5) is 4.08. The summed E-state index contributed by atoms with van der Waals surface area (Å²) >= 11 is 1.67. The minimum Gasteiger partial charge on any atom is -0.440 e. The molecule has 4 heteroatoms. The van der Waals surface area contributed by atoms with Crippen molar-refractivity contribution in [3.63, 3.8) is 0 Å². The van der Waals surface area contributed by atoms with Gasteiger partial charge in [0.1, 0.15) is 6.26 Å². The summed E-state index contributed by atoms with van der Waals surface area (Å²) in [5, 5.41) is 4.69. The number of aromatic nitrogens is 1. The molecule has 15 heavy (non-hydrogen) atoms. The summed E-state index contributed by atoms with van der Waals surface area (Å²) in [5.41, 5.74) is 0. The Hall–Kier alpha value is -0.480. The molecule has 1 N–H and O–H groups in total. The van der Waals surface area contributed by atoms with E-state index >= 15 is 0 Å². The molecular formula is C11H20N2OS. The molecule has 1 atom stereocenters. The first-order valence-electron chi connectivity index (χ1n) is 5.45. The highest BCUT2D eigenvalue weighted by molar-refractivity contribution is 7.99. The van der Waals surface area contributed by atoms with Crippen LogP contribution in [0.5, 0.6) is 0 Å². The van der Waals surface area contributed by atoms with Gasteiger partial charge >= 0.3 is 0 Å². The summed E-state index contributed by atoms with van der Waals surface area (Å²) in [6.07, 6.45) is 4.53. The molecule has 0 amide bonds. The van der Waals surface area contributed by atoms with E-state index in [0.29, 0.717) is 5.25 Å². The van der Waals surface area contributed by atoms with Gasteiger partial charge in [-0.15, -0.1) is 0 Å². The van der Waals surface area contributed by atoms with E-state index in [0.717, 1.165) is 24.2 Å². The van der Waals surface area contributed by atoms with Gasteiger partial charge in [-0.25, -0.2) is 4.98 Å². The second-order valence-corrected chi connectivity index (χ2v) is 5.50. The van der Waals surface area contributed by atoms with Gasteiger partial charge in [0.2, 0.25) is 0 Å². The SMILES string of the molecule is CC(C)CCNCC(C)Sc1ncco1. The van der Waals surface area contributed by atoms with Crippen molar-refractivity contribution < 1.29 is 4.42 Å². The number of nitrogens with one attached hydrogen (secondary N) is 1. The minimum atomic E-state index is 0.496. The van der Waals surface area contributed by atoms with Gasteiger partial charge in [-0.1, -0.05) is 32.5 Å². The summed E-state index contributed by atoms with van der Waals surface area (Å²) < 4.78 is 5.17. The molecule has 0 radical (unpaired) electrons. The van der Waals surface area contributed by atoms with E-state index in [-0.39, 0.29) is 0 Å². The van der Waals surface area contributed by atoms with Crippen molar-refractivity contribution in [1.82, 2.24) is 10.3 Å².